The molecule has 0 radical (unpaired) electrons. The van der Waals surface area contributed by atoms with E-state index in [-0.39, 0.29) is 37.0 Å². The number of halogens is 1. The predicted molar refractivity (Wildman–Crippen MR) is 122 cm³/mol. The Labute approximate surface area is 184 Å². The first-order valence-electron chi connectivity index (χ1n) is 10.3. The number of H-pyrrole nitrogens is 1. The fraction of sp³-hybridized carbons (Fsp3) is 0.261. The largest absolute Gasteiger partial charge is 0.383 e. The van der Waals surface area contributed by atoms with Gasteiger partial charge in [-0.3, -0.25) is 19.1 Å². The van der Waals surface area contributed by atoms with Crippen LogP contribution in [0.25, 0.3) is 0 Å². The second kappa shape index (κ2) is 10.1. The van der Waals surface area contributed by atoms with Crippen molar-refractivity contribution in [3.63, 3.8) is 0 Å². The van der Waals surface area contributed by atoms with Crippen LogP contribution in [0.5, 0.6) is 0 Å². The number of carbonyl (C=O) groups is 1. The van der Waals surface area contributed by atoms with Crippen molar-refractivity contribution < 1.29 is 9.18 Å². The van der Waals surface area contributed by atoms with E-state index in [1.54, 1.807) is 32.0 Å². The van der Waals surface area contributed by atoms with Crippen molar-refractivity contribution in [2.24, 2.45) is 0 Å². The van der Waals surface area contributed by atoms with Crippen LogP contribution in [0.2, 0.25) is 0 Å². The van der Waals surface area contributed by atoms with E-state index in [1.807, 2.05) is 30.3 Å². The lowest BCUT2D eigenvalue weighted by Crippen LogP contribution is -2.44. The Balaban J connectivity index is 1.85. The number of nitrogen functional groups attached to an aromatic ring is 1. The highest BCUT2D eigenvalue weighted by Crippen LogP contribution is 2.19. The van der Waals surface area contributed by atoms with Crippen molar-refractivity contribution >= 4 is 17.4 Å². The Morgan fingerprint density at radius 1 is 1.16 bits per heavy atom. The second-order valence-electron chi connectivity index (χ2n) is 7.33. The van der Waals surface area contributed by atoms with Gasteiger partial charge in [0.05, 0.1) is 13.1 Å². The number of likely N-dealkylation sites (N-methyl/N-ethyl adjacent to an activating group) is 1. The molecular formula is C23H26FN5O3. The maximum atomic E-state index is 14.0. The van der Waals surface area contributed by atoms with Crippen LogP contribution in [0.15, 0.2) is 64.2 Å². The molecule has 0 aliphatic carbocycles. The lowest BCUT2D eigenvalue weighted by Gasteiger charge is -2.24. The van der Waals surface area contributed by atoms with E-state index in [0.717, 1.165) is 5.56 Å². The molecule has 0 unspecified atom stereocenters. The van der Waals surface area contributed by atoms with Gasteiger partial charge in [-0.05, 0) is 25.5 Å². The van der Waals surface area contributed by atoms with Gasteiger partial charge in [-0.25, -0.2) is 9.18 Å². The van der Waals surface area contributed by atoms with Gasteiger partial charge in [-0.1, -0.05) is 48.5 Å². The SMILES string of the molecule is CCN(C(=O)CN[C@H](C)c1ccccc1F)c1c(N)n(Cc2ccccc2)c(=O)[nH]c1=O. The summed E-state index contributed by atoms with van der Waals surface area (Å²) in [5, 5.41) is 2.98. The summed E-state index contributed by atoms with van der Waals surface area (Å²) in [5.74, 6) is -0.904. The smallest absolute Gasteiger partial charge is 0.330 e. The van der Waals surface area contributed by atoms with E-state index < -0.39 is 23.2 Å². The summed E-state index contributed by atoms with van der Waals surface area (Å²) in [5.41, 5.74) is 5.95. The number of rotatable bonds is 8. The van der Waals surface area contributed by atoms with Gasteiger partial charge < -0.3 is 16.0 Å². The molecule has 3 aromatic rings. The molecule has 1 heterocycles. The minimum absolute atomic E-state index is 0.0895. The van der Waals surface area contributed by atoms with Crippen molar-refractivity contribution in [2.75, 3.05) is 23.7 Å². The molecular weight excluding hydrogens is 413 g/mol. The third-order valence-corrected chi connectivity index (χ3v) is 5.22. The molecule has 168 valence electrons. The standard InChI is InChI=1S/C23H26FN5O3/c1-3-28(19(30)13-26-15(2)17-11-7-8-12-18(17)24)20-21(25)29(23(32)27-22(20)31)14-16-9-5-4-6-10-16/h4-12,15,26H,3,13-14,25H2,1-2H3,(H,27,31,32)/t15-/m1/s1. The van der Waals surface area contributed by atoms with Gasteiger partial charge in [0, 0.05) is 18.2 Å². The molecule has 0 aliphatic heterocycles. The topological polar surface area (TPSA) is 113 Å². The molecule has 1 aromatic heterocycles. The number of hydrogen-bond acceptors (Lipinski definition) is 5. The molecule has 0 spiro atoms. The van der Waals surface area contributed by atoms with E-state index in [1.165, 1.54) is 15.5 Å². The van der Waals surface area contributed by atoms with Crippen LogP contribution >= 0.6 is 0 Å². The summed E-state index contributed by atoms with van der Waals surface area (Å²) in [6.07, 6.45) is 0. The summed E-state index contributed by atoms with van der Waals surface area (Å²) in [4.78, 5) is 41.3. The number of carbonyl (C=O) groups excluding carboxylic acids is 1. The molecule has 4 N–H and O–H groups in total. The molecule has 8 nitrogen and oxygen atoms in total. The van der Waals surface area contributed by atoms with Crippen LogP contribution in [-0.2, 0) is 11.3 Å². The Bertz CT molecular complexity index is 1210. The highest BCUT2D eigenvalue weighted by Gasteiger charge is 2.23. The van der Waals surface area contributed by atoms with Crippen LogP contribution in [-0.4, -0.2) is 28.5 Å². The Morgan fingerprint density at radius 2 is 1.81 bits per heavy atom. The monoisotopic (exact) mass is 439 g/mol. The number of benzene rings is 2. The number of aromatic nitrogens is 2. The van der Waals surface area contributed by atoms with E-state index in [4.69, 9.17) is 5.73 Å². The lowest BCUT2D eigenvalue weighted by molar-refractivity contribution is -0.117. The third-order valence-electron chi connectivity index (χ3n) is 5.22. The van der Waals surface area contributed by atoms with Crippen LogP contribution in [0, 0.1) is 5.82 Å². The predicted octanol–water partition coefficient (Wildman–Crippen LogP) is 2.01. The number of nitrogens with zero attached hydrogens (tertiary/aromatic N) is 2. The minimum Gasteiger partial charge on any atom is -0.383 e. The van der Waals surface area contributed by atoms with E-state index in [9.17, 15) is 18.8 Å². The van der Waals surface area contributed by atoms with Gasteiger partial charge in [0.2, 0.25) is 5.91 Å². The molecule has 0 bridgehead atoms. The van der Waals surface area contributed by atoms with Gasteiger partial charge in [0.1, 0.15) is 11.6 Å². The first-order chi connectivity index (χ1) is 15.3. The normalized spacial score (nSPS) is 11.8. The van der Waals surface area contributed by atoms with Gasteiger partial charge in [0.25, 0.3) is 5.56 Å². The van der Waals surface area contributed by atoms with Crippen LogP contribution in [0.4, 0.5) is 15.9 Å². The van der Waals surface area contributed by atoms with Crippen molar-refractivity contribution in [3.05, 3.63) is 92.4 Å². The summed E-state index contributed by atoms with van der Waals surface area (Å²) in [7, 11) is 0. The first kappa shape index (κ1) is 23.0. The fourth-order valence-corrected chi connectivity index (χ4v) is 3.49. The zero-order valence-corrected chi connectivity index (χ0v) is 18.0. The fourth-order valence-electron chi connectivity index (χ4n) is 3.49. The van der Waals surface area contributed by atoms with Gasteiger partial charge in [0.15, 0.2) is 5.69 Å². The van der Waals surface area contributed by atoms with Gasteiger partial charge in [-0.15, -0.1) is 0 Å². The van der Waals surface area contributed by atoms with Crippen molar-refractivity contribution in [1.29, 1.82) is 0 Å². The van der Waals surface area contributed by atoms with Crippen LogP contribution in [0.3, 0.4) is 0 Å². The van der Waals surface area contributed by atoms with Crippen molar-refractivity contribution in [3.8, 4) is 0 Å². The van der Waals surface area contributed by atoms with Crippen molar-refractivity contribution in [1.82, 2.24) is 14.9 Å². The van der Waals surface area contributed by atoms with Crippen molar-refractivity contribution in [2.45, 2.75) is 26.4 Å². The molecule has 0 fully saturated rings. The zero-order valence-electron chi connectivity index (χ0n) is 18.0. The maximum Gasteiger partial charge on any atom is 0.330 e. The Morgan fingerprint density at radius 3 is 2.47 bits per heavy atom. The molecule has 0 saturated heterocycles. The average Bonchev–Trinajstić information content (AvgIpc) is 2.78. The number of nitrogens with one attached hydrogen (secondary N) is 2. The molecule has 3 rings (SSSR count). The molecule has 9 heteroatoms. The highest BCUT2D eigenvalue weighted by atomic mass is 19.1. The number of aromatic amines is 1. The molecule has 32 heavy (non-hydrogen) atoms. The number of hydrogen-bond donors (Lipinski definition) is 3. The van der Waals surface area contributed by atoms with Gasteiger partial charge in [-0.2, -0.15) is 0 Å². The van der Waals surface area contributed by atoms with E-state index >= 15 is 0 Å². The molecule has 1 amide bonds. The van der Waals surface area contributed by atoms with Gasteiger partial charge >= 0.3 is 5.69 Å². The minimum atomic E-state index is -0.742. The first-order valence-corrected chi connectivity index (χ1v) is 10.3. The quantitative estimate of drug-likeness (QED) is 0.497. The molecule has 1 atom stereocenters. The zero-order chi connectivity index (χ0) is 23.3. The van der Waals surface area contributed by atoms with E-state index in [2.05, 4.69) is 10.3 Å². The van der Waals surface area contributed by atoms with Crippen LogP contribution in [0.1, 0.15) is 31.0 Å². The maximum absolute atomic E-state index is 14.0. The molecule has 0 aliphatic rings. The highest BCUT2D eigenvalue weighted by molar-refractivity contribution is 5.96. The Kier molecular flexibility index (Phi) is 7.21. The lowest BCUT2D eigenvalue weighted by atomic mass is 10.1. The molecule has 0 saturated carbocycles. The summed E-state index contributed by atoms with van der Waals surface area (Å²) in [6, 6.07) is 15.0. The summed E-state index contributed by atoms with van der Waals surface area (Å²) >= 11 is 0. The third kappa shape index (κ3) is 4.94. The average molecular weight is 439 g/mol. The Hall–Kier alpha value is -3.72. The second-order valence-corrected chi connectivity index (χ2v) is 7.33. The summed E-state index contributed by atoms with van der Waals surface area (Å²) < 4.78 is 15.2. The number of nitrogens with two attached hydrogens (primary N) is 1. The number of amides is 1. The van der Waals surface area contributed by atoms with Crippen LogP contribution < -0.4 is 27.2 Å². The van der Waals surface area contributed by atoms with E-state index in [0.29, 0.717) is 5.56 Å². The number of anilines is 2. The summed E-state index contributed by atoms with van der Waals surface area (Å²) in [6.45, 7) is 3.59. The molecule has 2 aromatic carbocycles.